The second kappa shape index (κ2) is 4.08. The first-order valence-corrected chi connectivity index (χ1v) is 5.28. The monoisotopic (exact) mass is 233 g/mol. The fourth-order valence-corrected chi connectivity index (χ4v) is 2.05. The van der Waals surface area contributed by atoms with Crippen LogP contribution in [0.4, 0.5) is 13.2 Å². The van der Waals surface area contributed by atoms with E-state index in [4.69, 9.17) is 0 Å². The van der Waals surface area contributed by atoms with E-state index in [-0.39, 0.29) is 6.04 Å². The van der Waals surface area contributed by atoms with E-state index in [9.17, 15) is 13.2 Å². The number of hydrogen-bond acceptors (Lipinski definition) is 2. The first-order valence-electron chi connectivity index (χ1n) is 5.28. The standard InChI is InChI=1S/C10H14F3N3/c1-15-5-2-3-8(7-15)16-6-4-9(14-16)10(11,12)13/h4,6,8H,2-3,5,7H2,1H3. The molecule has 0 N–H and O–H groups in total. The Labute approximate surface area is 91.8 Å². The molecule has 1 aliphatic rings. The maximum Gasteiger partial charge on any atom is 0.435 e. The third kappa shape index (κ3) is 2.37. The molecule has 2 heterocycles. The average molecular weight is 233 g/mol. The Balaban J connectivity index is 2.12. The third-order valence-electron chi connectivity index (χ3n) is 2.87. The number of likely N-dealkylation sites (N-methyl/N-ethyl adjacent to an activating group) is 1. The highest BCUT2D eigenvalue weighted by atomic mass is 19.4. The van der Waals surface area contributed by atoms with Gasteiger partial charge in [0.2, 0.25) is 0 Å². The molecule has 0 aromatic carbocycles. The van der Waals surface area contributed by atoms with Gasteiger partial charge in [-0.25, -0.2) is 0 Å². The number of aromatic nitrogens is 2. The van der Waals surface area contributed by atoms with Gasteiger partial charge in [0.1, 0.15) is 0 Å². The Morgan fingerprint density at radius 1 is 1.44 bits per heavy atom. The van der Waals surface area contributed by atoms with Crippen LogP contribution >= 0.6 is 0 Å². The fourth-order valence-electron chi connectivity index (χ4n) is 2.05. The lowest BCUT2D eigenvalue weighted by Gasteiger charge is -2.29. The summed E-state index contributed by atoms with van der Waals surface area (Å²) in [6.45, 7) is 1.77. The van der Waals surface area contributed by atoms with Crippen molar-refractivity contribution in [3.63, 3.8) is 0 Å². The van der Waals surface area contributed by atoms with Crippen LogP contribution in [0.2, 0.25) is 0 Å². The molecule has 6 heteroatoms. The van der Waals surface area contributed by atoms with Gasteiger partial charge in [0.05, 0.1) is 6.04 Å². The van der Waals surface area contributed by atoms with Gasteiger partial charge in [-0.1, -0.05) is 0 Å². The highest BCUT2D eigenvalue weighted by Gasteiger charge is 2.34. The van der Waals surface area contributed by atoms with Crippen LogP contribution in [0.3, 0.4) is 0 Å². The molecule has 1 saturated heterocycles. The normalized spacial score (nSPS) is 23.6. The van der Waals surface area contributed by atoms with E-state index in [1.165, 1.54) is 10.9 Å². The number of alkyl halides is 3. The molecule has 2 rings (SSSR count). The van der Waals surface area contributed by atoms with Crippen LogP contribution in [0.5, 0.6) is 0 Å². The van der Waals surface area contributed by atoms with Crippen molar-refractivity contribution in [3.8, 4) is 0 Å². The SMILES string of the molecule is CN1CCCC(n2ccc(C(F)(F)F)n2)C1. The van der Waals surface area contributed by atoms with Gasteiger partial charge in [-0.05, 0) is 32.5 Å². The maximum atomic E-state index is 12.4. The summed E-state index contributed by atoms with van der Waals surface area (Å²) >= 11 is 0. The summed E-state index contributed by atoms with van der Waals surface area (Å²) in [5.74, 6) is 0. The van der Waals surface area contributed by atoms with Gasteiger partial charge in [-0.15, -0.1) is 0 Å². The number of halogens is 3. The molecule has 1 aromatic heterocycles. The van der Waals surface area contributed by atoms with Gasteiger partial charge in [-0.2, -0.15) is 18.3 Å². The van der Waals surface area contributed by atoms with E-state index in [0.717, 1.165) is 32.0 Å². The van der Waals surface area contributed by atoms with Crippen molar-refractivity contribution in [1.82, 2.24) is 14.7 Å². The van der Waals surface area contributed by atoms with Crippen LogP contribution in [0.25, 0.3) is 0 Å². The summed E-state index contributed by atoms with van der Waals surface area (Å²) in [7, 11) is 1.97. The van der Waals surface area contributed by atoms with Gasteiger partial charge < -0.3 is 4.90 Å². The van der Waals surface area contributed by atoms with Crippen molar-refractivity contribution < 1.29 is 13.2 Å². The highest BCUT2D eigenvalue weighted by Crippen LogP contribution is 2.29. The van der Waals surface area contributed by atoms with Gasteiger partial charge >= 0.3 is 6.18 Å². The molecule has 1 aromatic rings. The van der Waals surface area contributed by atoms with Gasteiger partial charge in [0.25, 0.3) is 0 Å². The summed E-state index contributed by atoms with van der Waals surface area (Å²) in [6, 6.07) is 1.10. The minimum Gasteiger partial charge on any atom is -0.304 e. The molecule has 1 atom stereocenters. The molecule has 0 saturated carbocycles. The molecule has 1 aliphatic heterocycles. The minimum atomic E-state index is -4.34. The van der Waals surface area contributed by atoms with Crippen LogP contribution in [-0.2, 0) is 6.18 Å². The van der Waals surface area contributed by atoms with Crippen LogP contribution in [0.15, 0.2) is 12.3 Å². The van der Waals surface area contributed by atoms with E-state index < -0.39 is 11.9 Å². The smallest absolute Gasteiger partial charge is 0.304 e. The number of rotatable bonds is 1. The lowest BCUT2D eigenvalue weighted by atomic mass is 10.1. The second-order valence-corrected chi connectivity index (χ2v) is 4.24. The predicted octanol–water partition coefficient (Wildman–Crippen LogP) is 2.17. The zero-order chi connectivity index (χ0) is 11.8. The van der Waals surface area contributed by atoms with Crippen LogP contribution < -0.4 is 0 Å². The topological polar surface area (TPSA) is 21.1 Å². The van der Waals surface area contributed by atoms with E-state index in [1.54, 1.807) is 0 Å². The molecule has 1 fully saturated rings. The van der Waals surface area contributed by atoms with E-state index in [2.05, 4.69) is 10.00 Å². The number of nitrogens with zero attached hydrogens (tertiary/aromatic N) is 3. The molecule has 0 radical (unpaired) electrons. The van der Waals surface area contributed by atoms with Gasteiger partial charge in [0.15, 0.2) is 5.69 Å². The highest BCUT2D eigenvalue weighted by molar-refractivity contribution is 5.04. The van der Waals surface area contributed by atoms with Crippen molar-refractivity contribution >= 4 is 0 Å². The second-order valence-electron chi connectivity index (χ2n) is 4.24. The number of likely N-dealkylation sites (tertiary alicyclic amines) is 1. The molecule has 0 amide bonds. The van der Waals surface area contributed by atoms with Crippen molar-refractivity contribution in [2.24, 2.45) is 0 Å². The largest absolute Gasteiger partial charge is 0.435 e. The Bertz CT molecular complexity index is 358. The number of hydrogen-bond donors (Lipinski definition) is 0. The molecule has 1 unspecified atom stereocenters. The summed E-state index contributed by atoms with van der Waals surface area (Å²) in [4.78, 5) is 2.11. The average Bonchev–Trinajstić information content (AvgIpc) is 2.65. The van der Waals surface area contributed by atoms with Gasteiger partial charge in [0, 0.05) is 12.7 Å². The van der Waals surface area contributed by atoms with E-state index in [1.807, 2.05) is 7.05 Å². The van der Waals surface area contributed by atoms with Crippen LogP contribution in [0, 0.1) is 0 Å². The van der Waals surface area contributed by atoms with Crippen molar-refractivity contribution in [3.05, 3.63) is 18.0 Å². The summed E-state index contributed by atoms with van der Waals surface area (Å²) in [6.07, 6.45) is -1.02. The Morgan fingerprint density at radius 3 is 2.75 bits per heavy atom. The molecule has 90 valence electrons. The zero-order valence-corrected chi connectivity index (χ0v) is 9.04. The Kier molecular flexibility index (Phi) is 2.92. The minimum absolute atomic E-state index is 0.0647. The fraction of sp³-hybridized carbons (Fsp3) is 0.700. The molecule has 16 heavy (non-hydrogen) atoms. The first-order chi connectivity index (χ1) is 7.47. The summed E-state index contributed by atoms with van der Waals surface area (Å²) in [5, 5.41) is 3.60. The summed E-state index contributed by atoms with van der Waals surface area (Å²) < 4.78 is 38.5. The number of piperidine rings is 1. The van der Waals surface area contributed by atoms with Crippen molar-refractivity contribution in [2.45, 2.75) is 25.1 Å². The zero-order valence-electron chi connectivity index (χ0n) is 9.04. The molecular weight excluding hydrogens is 219 g/mol. The summed E-state index contributed by atoms with van der Waals surface area (Å²) in [5.41, 5.74) is -0.805. The van der Waals surface area contributed by atoms with E-state index >= 15 is 0 Å². The molecule has 0 bridgehead atoms. The van der Waals surface area contributed by atoms with Crippen molar-refractivity contribution in [2.75, 3.05) is 20.1 Å². The van der Waals surface area contributed by atoms with E-state index in [0.29, 0.717) is 0 Å². The maximum absolute atomic E-state index is 12.4. The predicted molar refractivity (Wildman–Crippen MR) is 53.0 cm³/mol. The quantitative estimate of drug-likeness (QED) is 0.741. The van der Waals surface area contributed by atoms with Crippen LogP contribution in [-0.4, -0.2) is 34.8 Å². The Morgan fingerprint density at radius 2 is 2.19 bits per heavy atom. The Hall–Kier alpha value is -1.04. The van der Waals surface area contributed by atoms with Crippen molar-refractivity contribution in [1.29, 1.82) is 0 Å². The molecule has 0 spiro atoms. The third-order valence-corrected chi connectivity index (χ3v) is 2.87. The first kappa shape index (κ1) is 11.4. The molecule has 3 nitrogen and oxygen atoms in total. The van der Waals surface area contributed by atoms with Crippen LogP contribution in [0.1, 0.15) is 24.6 Å². The lowest BCUT2D eigenvalue weighted by Crippen LogP contribution is -2.33. The van der Waals surface area contributed by atoms with Gasteiger partial charge in [-0.3, -0.25) is 4.68 Å². The molecule has 0 aliphatic carbocycles. The molecular formula is C10H14F3N3. The lowest BCUT2D eigenvalue weighted by molar-refractivity contribution is -0.141.